The van der Waals surface area contributed by atoms with Crippen LogP contribution >= 0.6 is 0 Å². The molecule has 4 nitrogen and oxygen atoms in total. The highest BCUT2D eigenvalue weighted by molar-refractivity contribution is 5.92. The van der Waals surface area contributed by atoms with Crippen LogP contribution in [0.5, 0.6) is 0 Å². The molecular weight excluding hydrogens is 300 g/mol. The van der Waals surface area contributed by atoms with E-state index in [-0.39, 0.29) is 6.42 Å². The summed E-state index contributed by atoms with van der Waals surface area (Å²) in [6.07, 6.45) is -0.0639. The molecule has 3 rings (SSSR count). The van der Waals surface area contributed by atoms with Crippen molar-refractivity contribution in [1.29, 1.82) is 0 Å². The number of nitrogens with zero attached hydrogens (tertiary/aromatic N) is 1. The van der Waals surface area contributed by atoms with Gasteiger partial charge in [0.05, 0.1) is 11.9 Å². The molecule has 0 fully saturated rings. The maximum Gasteiger partial charge on any atom is 0.307 e. The third kappa shape index (κ3) is 3.00. The van der Waals surface area contributed by atoms with Crippen LogP contribution in [0.2, 0.25) is 0 Å². The number of hydrogen-bond donors (Lipinski definition) is 2. The normalized spacial score (nSPS) is 11.3. The van der Waals surface area contributed by atoms with E-state index in [1.807, 2.05) is 28.8 Å². The lowest BCUT2D eigenvalue weighted by atomic mass is 10.0. The van der Waals surface area contributed by atoms with Crippen LogP contribution in [0.25, 0.3) is 10.9 Å². The van der Waals surface area contributed by atoms with Crippen molar-refractivity contribution in [3.05, 3.63) is 65.2 Å². The van der Waals surface area contributed by atoms with Crippen molar-refractivity contribution in [3.63, 3.8) is 0 Å². The fraction of sp³-hybridized carbons (Fsp3) is 0.250. The fourth-order valence-electron chi connectivity index (χ4n) is 3.09. The van der Waals surface area contributed by atoms with E-state index < -0.39 is 5.97 Å². The summed E-state index contributed by atoms with van der Waals surface area (Å²) in [6.45, 7) is 4.97. The number of benzene rings is 2. The molecule has 124 valence electrons. The Kier molecular flexibility index (Phi) is 4.30. The smallest absolute Gasteiger partial charge is 0.307 e. The van der Waals surface area contributed by atoms with Crippen molar-refractivity contribution >= 4 is 22.7 Å². The van der Waals surface area contributed by atoms with E-state index >= 15 is 0 Å². The van der Waals surface area contributed by atoms with Gasteiger partial charge in [-0.3, -0.25) is 4.79 Å². The number of aromatic nitrogens is 1. The molecule has 2 aromatic carbocycles. The molecule has 0 unspecified atom stereocenters. The highest BCUT2D eigenvalue weighted by Crippen LogP contribution is 2.29. The van der Waals surface area contributed by atoms with Gasteiger partial charge in [-0.1, -0.05) is 56.3 Å². The summed E-state index contributed by atoms with van der Waals surface area (Å²) >= 11 is 0. The summed E-state index contributed by atoms with van der Waals surface area (Å²) in [4.78, 5) is 11.2. The predicted octanol–water partition coefficient (Wildman–Crippen LogP) is 4.02. The topological polar surface area (TPSA) is 68.2 Å². The molecule has 0 saturated carbocycles. The molecule has 0 spiro atoms. The molecule has 1 aromatic heterocycles. The Morgan fingerprint density at radius 3 is 2.42 bits per heavy atom. The second-order valence-corrected chi connectivity index (χ2v) is 6.43. The number of carboxylic acids is 1. The fourth-order valence-corrected chi connectivity index (χ4v) is 3.09. The van der Waals surface area contributed by atoms with Gasteiger partial charge in [-0.15, -0.1) is 0 Å². The van der Waals surface area contributed by atoms with Crippen molar-refractivity contribution < 1.29 is 9.90 Å². The standard InChI is InChI=1S/C20H22N2O2/c1-13(2)15-9-7-14(8-10-15)12-22-18-6-4-3-5-16(18)17(20(22)21)11-19(23)24/h3-10,13H,11-12,21H2,1-2H3,(H,23,24). The van der Waals surface area contributed by atoms with Crippen LogP contribution < -0.4 is 5.73 Å². The number of hydrogen-bond acceptors (Lipinski definition) is 2. The van der Waals surface area contributed by atoms with E-state index in [1.165, 1.54) is 5.56 Å². The van der Waals surface area contributed by atoms with Gasteiger partial charge in [-0.2, -0.15) is 0 Å². The van der Waals surface area contributed by atoms with Gasteiger partial charge in [-0.05, 0) is 23.1 Å². The van der Waals surface area contributed by atoms with E-state index in [1.54, 1.807) is 0 Å². The van der Waals surface area contributed by atoms with E-state index in [9.17, 15) is 4.79 Å². The lowest BCUT2D eigenvalue weighted by molar-refractivity contribution is -0.136. The minimum Gasteiger partial charge on any atom is -0.481 e. The zero-order valence-corrected chi connectivity index (χ0v) is 14.0. The van der Waals surface area contributed by atoms with Crippen LogP contribution in [0.1, 0.15) is 36.5 Å². The van der Waals surface area contributed by atoms with Crippen molar-refractivity contribution in [2.75, 3.05) is 5.73 Å². The van der Waals surface area contributed by atoms with Gasteiger partial charge in [0.25, 0.3) is 0 Å². The van der Waals surface area contributed by atoms with Crippen LogP contribution in [-0.2, 0) is 17.8 Å². The Labute approximate surface area is 141 Å². The van der Waals surface area contributed by atoms with E-state index in [4.69, 9.17) is 10.8 Å². The maximum absolute atomic E-state index is 11.2. The van der Waals surface area contributed by atoms with Crippen LogP contribution in [-0.4, -0.2) is 15.6 Å². The lowest BCUT2D eigenvalue weighted by Crippen LogP contribution is -2.07. The maximum atomic E-state index is 11.2. The Morgan fingerprint density at radius 2 is 1.79 bits per heavy atom. The number of carbonyl (C=O) groups is 1. The van der Waals surface area contributed by atoms with Gasteiger partial charge in [0, 0.05) is 17.5 Å². The van der Waals surface area contributed by atoms with E-state index in [2.05, 4.69) is 38.1 Å². The van der Waals surface area contributed by atoms with Gasteiger partial charge < -0.3 is 15.4 Å². The Bertz CT molecular complexity index is 877. The molecule has 0 saturated heterocycles. The number of rotatable bonds is 5. The average molecular weight is 322 g/mol. The van der Waals surface area contributed by atoms with Gasteiger partial charge >= 0.3 is 5.97 Å². The van der Waals surface area contributed by atoms with Gasteiger partial charge in [0.15, 0.2) is 0 Å². The summed E-state index contributed by atoms with van der Waals surface area (Å²) < 4.78 is 2.00. The SMILES string of the molecule is CC(C)c1ccc(Cn2c(N)c(CC(=O)O)c3ccccc32)cc1. The highest BCUT2D eigenvalue weighted by Gasteiger charge is 2.17. The monoisotopic (exact) mass is 322 g/mol. The molecule has 3 aromatic rings. The zero-order valence-electron chi connectivity index (χ0n) is 14.0. The van der Waals surface area contributed by atoms with Crippen molar-refractivity contribution in [2.45, 2.75) is 32.7 Å². The first kappa shape index (κ1) is 16.1. The summed E-state index contributed by atoms with van der Waals surface area (Å²) in [5, 5.41) is 10.1. The van der Waals surface area contributed by atoms with Crippen molar-refractivity contribution in [1.82, 2.24) is 4.57 Å². The van der Waals surface area contributed by atoms with Crippen LogP contribution in [0, 0.1) is 0 Å². The van der Waals surface area contributed by atoms with Crippen molar-refractivity contribution in [2.24, 2.45) is 0 Å². The van der Waals surface area contributed by atoms with E-state index in [0.717, 1.165) is 16.5 Å². The van der Waals surface area contributed by atoms with Crippen molar-refractivity contribution in [3.8, 4) is 0 Å². The van der Waals surface area contributed by atoms with Gasteiger partial charge in [0.1, 0.15) is 5.82 Å². The zero-order chi connectivity index (χ0) is 17.3. The first-order valence-electron chi connectivity index (χ1n) is 8.13. The minimum absolute atomic E-state index is 0.0639. The summed E-state index contributed by atoms with van der Waals surface area (Å²) in [7, 11) is 0. The summed E-state index contributed by atoms with van der Waals surface area (Å²) in [6, 6.07) is 16.3. The Hall–Kier alpha value is -2.75. The number of nitrogens with two attached hydrogens (primary N) is 1. The van der Waals surface area contributed by atoms with Crippen LogP contribution in [0.4, 0.5) is 5.82 Å². The van der Waals surface area contributed by atoms with E-state index in [0.29, 0.717) is 23.8 Å². The molecule has 1 heterocycles. The number of fused-ring (bicyclic) bond motifs is 1. The summed E-state index contributed by atoms with van der Waals surface area (Å²) in [5.74, 6) is 0.163. The average Bonchev–Trinajstić information content (AvgIpc) is 2.81. The lowest BCUT2D eigenvalue weighted by Gasteiger charge is -2.10. The number of carboxylic acid groups (broad SMARTS) is 1. The number of anilines is 1. The molecule has 0 bridgehead atoms. The largest absolute Gasteiger partial charge is 0.481 e. The molecule has 24 heavy (non-hydrogen) atoms. The molecule has 0 radical (unpaired) electrons. The van der Waals surface area contributed by atoms with Crippen LogP contribution in [0.15, 0.2) is 48.5 Å². The number of nitrogen functional groups attached to an aromatic ring is 1. The van der Waals surface area contributed by atoms with Gasteiger partial charge in [-0.25, -0.2) is 0 Å². The van der Waals surface area contributed by atoms with Crippen LogP contribution in [0.3, 0.4) is 0 Å². The molecule has 0 aliphatic rings. The Balaban J connectivity index is 2.02. The first-order chi connectivity index (χ1) is 11.5. The molecule has 0 aliphatic heterocycles. The number of aliphatic carboxylic acids is 1. The summed E-state index contributed by atoms with van der Waals surface area (Å²) in [5.41, 5.74) is 10.4. The second kappa shape index (κ2) is 6.40. The number of para-hydroxylation sites is 1. The molecule has 4 heteroatoms. The highest BCUT2D eigenvalue weighted by atomic mass is 16.4. The molecule has 3 N–H and O–H groups in total. The molecule has 0 atom stereocenters. The third-order valence-corrected chi connectivity index (χ3v) is 4.44. The predicted molar refractivity (Wildman–Crippen MR) is 97.3 cm³/mol. The molecule has 0 aliphatic carbocycles. The third-order valence-electron chi connectivity index (χ3n) is 4.44. The Morgan fingerprint density at radius 1 is 1.12 bits per heavy atom. The first-order valence-corrected chi connectivity index (χ1v) is 8.13. The van der Waals surface area contributed by atoms with Gasteiger partial charge in [0.2, 0.25) is 0 Å². The quantitative estimate of drug-likeness (QED) is 0.745. The molecule has 0 amide bonds. The molecular formula is C20H22N2O2. The second-order valence-electron chi connectivity index (χ2n) is 6.43. The minimum atomic E-state index is -0.870.